The molecule has 0 aromatic heterocycles. The first-order chi connectivity index (χ1) is 6.74. The van der Waals surface area contributed by atoms with Crippen LogP contribution in [-0.4, -0.2) is 24.5 Å². The molecule has 0 N–H and O–H groups in total. The molecule has 0 bridgehead atoms. The Morgan fingerprint density at radius 3 is 2.50 bits per heavy atom. The first kappa shape index (κ1) is 12.0. The van der Waals surface area contributed by atoms with E-state index in [-0.39, 0.29) is 0 Å². The molecule has 84 valence electrons. The Kier molecular flexibility index (Phi) is 5.54. The highest BCUT2D eigenvalue weighted by molar-refractivity contribution is 4.68. The largest absolute Gasteiger partial charge is 0.304 e. The van der Waals surface area contributed by atoms with Crippen LogP contribution in [0.4, 0.5) is 0 Å². The van der Waals surface area contributed by atoms with Crippen molar-refractivity contribution >= 4 is 0 Å². The smallest absolute Gasteiger partial charge is 0.00612 e. The van der Waals surface area contributed by atoms with Gasteiger partial charge in [0.1, 0.15) is 0 Å². The van der Waals surface area contributed by atoms with E-state index in [9.17, 15) is 0 Å². The molecule has 1 rings (SSSR count). The predicted octanol–water partition coefficient (Wildman–Crippen LogP) is 3.69. The molecule has 1 saturated carbocycles. The third-order valence-electron chi connectivity index (χ3n) is 3.94. The van der Waals surface area contributed by atoms with Crippen molar-refractivity contribution in [3.8, 4) is 0 Å². The Balaban J connectivity index is 2.02. The zero-order chi connectivity index (χ0) is 10.4. The highest BCUT2D eigenvalue weighted by Crippen LogP contribution is 2.28. The summed E-state index contributed by atoms with van der Waals surface area (Å²) in [5, 5.41) is 0. The van der Waals surface area contributed by atoms with Crippen molar-refractivity contribution in [2.45, 2.75) is 64.8 Å². The summed E-state index contributed by atoms with van der Waals surface area (Å²) in [7, 11) is 2.27. The summed E-state index contributed by atoms with van der Waals surface area (Å²) < 4.78 is 0. The molecule has 1 aliphatic rings. The zero-order valence-corrected chi connectivity index (χ0v) is 10.3. The van der Waals surface area contributed by atoms with Gasteiger partial charge >= 0.3 is 0 Å². The van der Waals surface area contributed by atoms with Gasteiger partial charge in [0, 0.05) is 6.04 Å². The van der Waals surface area contributed by atoms with Gasteiger partial charge in [0.2, 0.25) is 0 Å². The molecule has 1 unspecified atom stereocenters. The highest BCUT2D eigenvalue weighted by Gasteiger charge is 2.15. The van der Waals surface area contributed by atoms with Gasteiger partial charge in [-0.1, -0.05) is 32.6 Å². The van der Waals surface area contributed by atoms with Crippen molar-refractivity contribution in [3.63, 3.8) is 0 Å². The lowest BCUT2D eigenvalue weighted by atomic mass is 10.0. The summed E-state index contributed by atoms with van der Waals surface area (Å²) in [4.78, 5) is 2.51. The Labute approximate surface area is 89.9 Å². The second-order valence-corrected chi connectivity index (χ2v) is 5.03. The van der Waals surface area contributed by atoms with Gasteiger partial charge in [0.15, 0.2) is 0 Å². The Morgan fingerprint density at radius 1 is 1.29 bits per heavy atom. The molecule has 1 aliphatic carbocycles. The molecule has 0 saturated heterocycles. The normalized spacial score (nSPS) is 20.6. The number of hydrogen-bond acceptors (Lipinski definition) is 1. The molecule has 0 radical (unpaired) electrons. The van der Waals surface area contributed by atoms with E-state index in [4.69, 9.17) is 0 Å². The summed E-state index contributed by atoms with van der Waals surface area (Å²) in [5.41, 5.74) is 0. The lowest BCUT2D eigenvalue weighted by Gasteiger charge is -2.23. The number of nitrogens with zero attached hydrogens (tertiary/aromatic N) is 1. The molecule has 0 spiro atoms. The van der Waals surface area contributed by atoms with Crippen molar-refractivity contribution in [2.24, 2.45) is 5.92 Å². The van der Waals surface area contributed by atoms with Gasteiger partial charge in [0.25, 0.3) is 0 Å². The van der Waals surface area contributed by atoms with Crippen LogP contribution in [0.1, 0.15) is 58.8 Å². The third kappa shape index (κ3) is 4.00. The van der Waals surface area contributed by atoms with E-state index in [1.807, 2.05) is 0 Å². The quantitative estimate of drug-likeness (QED) is 0.628. The average Bonchev–Trinajstić information content (AvgIpc) is 2.69. The van der Waals surface area contributed by atoms with E-state index in [1.165, 1.54) is 51.5 Å². The lowest BCUT2D eigenvalue weighted by molar-refractivity contribution is 0.241. The third-order valence-corrected chi connectivity index (χ3v) is 3.94. The first-order valence-electron chi connectivity index (χ1n) is 6.44. The van der Waals surface area contributed by atoms with Crippen LogP contribution in [0.5, 0.6) is 0 Å². The molecular formula is C13H27N. The first-order valence-corrected chi connectivity index (χ1v) is 6.44. The van der Waals surface area contributed by atoms with E-state index in [0.29, 0.717) is 0 Å². The van der Waals surface area contributed by atoms with Crippen LogP contribution >= 0.6 is 0 Å². The topological polar surface area (TPSA) is 3.24 Å². The highest BCUT2D eigenvalue weighted by atomic mass is 15.1. The maximum Gasteiger partial charge on any atom is 0.00612 e. The van der Waals surface area contributed by atoms with Gasteiger partial charge in [-0.3, -0.25) is 0 Å². The van der Waals surface area contributed by atoms with Crippen molar-refractivity contribution in [2.75, 3.05) is 13.6 Å². The van der Waals surface area contributed by atoms with Gasteiger partial charge in [0.05, 0.1) is 0 Å². The minimum absolute atomic E-state index is 0.763. The Bertz CT molecular complexity index is 138. The fourth-order valence-electron chi connectivity index (χ4n) is 2.46. The Morgan fingerprint density at radius 2 is 1.93 bits per heavy atom. The van der Waals surface area contributed by atoms with E-state index < -0.39 is 0 Å². The summed E-state index contributed by atoms with van der Waals surface area (Å²) in [6.45, 7) is 5.90. The molecular weight excluding hydrogens is 170 g/mol. The summed E-state index contributed by atoms with van der Waals surface area (Å²) in [6.07, 6.45) is 10.2. The maximum absolute atomic E-state index is 2.51. The van der Waals surface area contributed by atoms with Crippen LogP contribution in [0, 0.1) is 5.92 Å². The van der Waals surface area contributed by atoms with Gasteiger partial charge in [-0.25, -0.2) is 0 Å². The van der Waals surface area contributed by atoms with Gasteiger partial charge in [-0.05, 0) is 45.7 Å². The van der Waals surface area contributed by atoms with E-state index >= 15 is 0 Å². The molecule has 0 amide bonds. The Hall–Kier alpha value is -0.0400. The minimum atomic E-state index is 0.763. The van der Waals surface area contributed by atoms with Gasteiger partial charge in [-0.2, -0.15) is 0 Å². The molecule has 1 nitrogen and oxygen atoms in total. The van der Waals surface area contributed by atoms with Crippen LogP contribution in [0.15, 0.2) is 0 Å². The fourth-order valence-corrected chi connectivity index (χ4v) is 2.46. The second kappa shape index (κ2) is 6.44. The zero-order valence-electron chi connectivity index (χ0n) is 10.3. The fraction of sp³-hybridized carbons (Fsp3) is 1.00. The summed E-state index contributed by atoms with van der Waals surface area (Å²) in [6, 6.07) is 0.763. The van der Waals surface area contributed by atoms with Crippen LogP contribution in [-0.2, 0) is 0 Å². The van der Waals surface area contributed by atoms with E-state index in [1.54, 1.807) is 0 Å². The van der Waals surface area contributed by atoms with Gasteiger partial charge < -0.3 is 4.90 Å². The molecule has 0 aliphatic heterocycles. The van der Waals surface area contributed by atoms with Crippen LogP contribution < -0.4 is 0 Å². The molecule has 14 heavy (non-hydrogen) atoms. The van der Waals surface area contributed by atoms with Crippen LogP contribution in [0.2, 0.25) is 0 Å². The molecule has 1 fully saturated rings. The summed E-state index contributed by atoms with van der Waals surface area (Å²) in [5.74, 6) is 1.07. The molecule has 1 heteroatoms. The standard InChI is InChI=1S/C13H27N/c1-4-12(2)14(3)11-7-10-13-8-5-6-9-13/h12-13H,4-11H2,1-3H3. The SMILES string of the molecule is CCC(C)N(C)CCCC1CCCC1. The van der Waals surface area contributed by atoms with Crippen molar-refractivity contribution in [1.29, 1.82) is 0 Å². The minimum Gasteiger partial charge on any atom is -0.304 e. The van der Waals surface area contributed by atoms with Crippen LogP contribution in [0.25, 0.3) is 0 Å². The van der Waals surface area contributed by atoms with Crippen molar-refractivity contribution in [3.05, 3.63) is 0 Å². The van der Waals surface area contributed by atoms with Crippen LogP contribution in [0.3, 0.4) is 0 Å². The van der Waals surface area contributed by atoms with Crippen molar-refractivity contribution in [1.82, 2.24) is 4.90 Å². The van der Waals surface area contributed by atoms with Gasteiger partial charge in [-0.15, -0.1) is 0 Å². The predicted molar refractivity (Wildman–Crippen MR) is 63.6 cm³/mol. The molecule has 0 aromatic carbocycles. The molecule has 0 heterocycles. The van der Waals surface area contributed by atoms with Crippen molar-refractivity contribution < 1.29 is 0 Å². The molecule has 0 aromatic rings. The van der Waals surface area contributed by atoms with E-state index in [0.717, 1.165) is 12.0 Å². The number of hydrogen-bond donors (Lipinski definition) is 0. The van der Waals surface area contributed by atoms with E-state index in [2.05, 4.69) is 25.8 Å². The maximum atomic E-state index is 2.51. The second-order valence-electron chi connectivity index (χ2n) is 5.03. The monoisotopic (exact) mass is 197 g/mol. The molecule has 1 atom stereocenters. The lowest BCUT2D eigenvalue weighted by Crippen LogP contribution is -2.29. The summed E-state index contributed by atoms with van der Waals surface area (Å²) >= 11 is 0. The average molecular weight is 197 g/mol. The number of rotatable bonds is 6.